The molecular formula is C11H14Cl2N2O2. The molecule has 0 unspecified atom stereocenters. The monoisotopic (exact) mass is 276 g/mol. The van der Waals surface area contributed by atoms with E-state index < -0.39 is 11.6 Å². The quantitative estimate of drug-likeness (QED) is 0.795. The number of carbonyl (C=O) groups excluding carboxylic acids is 1. The fourth-order valence-electron chi connectivity index (χ4n) is 1.14. The minimum atomic E-state index is -0.688. The normalized spacial score (nSPS) is 11.1. The summed E-state index contributed by atoms with van der Waals surface area (Å²) in [7, 11) is 0. The van der Waals surface area contributed by atoms with E-state index in [2.05, 4.69) is 10.6 Å². The summed E-state index contributed by atoms with van der Waals surface area (Å²) < 4.78 is 0. The third-order valence-electron chi connectivity index (χ3n) is 1.97. The third kappa shape index (κ3) is 4.81. The highest BCUT2D eigenvalue weighted by atomic mass is 35.5. The van der Waals surface area contributed by atoms with Crippen molar-refractivity contribution in [1.29, 1.82) is 0 Å². The van der Waals surface area contributed by atoms with E-state index in [9.17, 15) is 4.79 Å². The van der Waals surface area contributed by atoms with Crippen molar-refractivity contribution in [3.63, 3.8) is 0 Å². The molecule has 0 spiro atoms. The molecule has 4 nitrogen and oxygen atoms in total. The Labute approximate surface area is 110 Å². The van der Waals surface area contributed by atoms with Gasteiger partial charge in [0.2, 0.25) is 0 Å². The van der Waals surface area contributed by atoms with Crippen LogP contribution in [0.2, 0.25) is 10.0 Å². The summed E-state index contributed by atoms with van der Waals surface area (Å²) in [5.74, 6) is 0. The van der Waals surface area contributed by atoms with Gasteiger partial charge in [-0.15, -0.1) is 0 Å². The Bertz CT molecular complexity index is 402. The molecule has 0 aliphatic heterocycles. The summed E-state index contributed by atoms with van der Waals surface area (Å²) in [5.41, 5.74) is -0.194. The zero-order valence-electron chi connectivity index (χ0n) is 9.55. The Kier molecular flexibility index (Phi) is 4.62. The molecule has 0 saturated heterocycles. The molecule has 17 heavy (non-hydrogen) atoms. The lowest BCUT2D eigenvalue weighted by Gasteiger charge is -2.23. The van der Waals surface area contributed by atoms with Gasteiger partial charge in [-0.05, 0) is 32.0 Å². The molecule has 0 fully saturated rings. The molecule has 1 rings (SSSR count). The van der Waals surface area contributed by atoms with Gasteiger partial charge in [-0.2, -0.15) is 0 Å². The van der Waals surface area contributed by atoms with Gasteiger partial charge < -0.3 is 15.7 Å². The number of urea groups is 1. The third-order valence-corrected chi connectivity index (χ3v) is 2.40. The zero-order valence-corrected chi connectivity index (χ0v) is 11.1. The lowest BCUT2D eigenvalue weighted by molar-refractivity contribution is 0.187. The second-order valence-electron chi connectivity index (χ2n) is 4.28. The van der Waals surface area contributed by atoms with Crippen LogP contribution < -0.4 is 10.6 Å². The van der Waals surface area contributed by atoms with Crippen LogP contribution in [0.5, 0.6) is 0 Å². The fraction of sp³-hybridized carbons (Fsp3) is 0.364. The molecule has 0 saturated carbocycles. The van der Waals surface area contributed by atoms with Gasteiger partial charge in [0.25, 0.3) is 0 Å². The average Bonchev–Trinajstić information content (AvgIpc) is 2.14. The van der Waals surface area contributed by atoms with E-state index in [0.29, 0.717) is 15.7 Å². The Morgan fingerprint density at radius 2 is 1.82 bits per heavy atom. The van der Waals surface area contributed by atoms with Gasteiger partial charge in [-0.3, -0.25) is 0 Å². The molecule has 3 N–H and O–H groups in total. The van der Waals surface area contributed by atoms with Crippen LogP contribution in [-0.4, -0.2) is 23.3 Å². The van der Waals surface area contributed by atoms with Gasteiger partial charge in [-0.1, -0.05) is 23.2 Å². The van der Waals surface area contributed by atoms with E-state index in [1.165, 1.54) is 0 Å². The predicted octanol–water partition coefficient (Wildman–Crippen LogP) is 2.89. The fourth-order valence-corrected chi connectivity index (χ4v) is 1.66. The molecule has 1 aromatic carbocycles. The van der Waals surface area contributed by atoms with Crippen LogP contribution in [0.3, 0.4) is 0 Å². The van der Waals surface area contributed by atoms with Gasteiger partial charge in [-0.25, -0.2) is 4.79 Å². The molecule has 6 heteroatoms. The van der Waals surface area contributed by atoms with Crippen molar-refractivity contribution in [2.24, 2.45) is 0 Å². The highest BCUT2D eigenvalue weighted by Crippen LogP contribution is 2.22. The standard InChI is InChI=1S/C11H14Cl2N2O2/c1-11(2,6-16)15-10(17)14-9-4-7(12)3-8(13)5-9/h3-5,16H,6H2,1-2H3,(H2,14,15,17). The van der Waals surface area contributed by atoms with E-state index >= 15 is 0 Å². The number of carbonyl (C=O) groups is 1. The highest BCUT2D eigenvalue weighted by molar-refractivity contribution is 6.35. The summed E-state index contributed by atoms with van der Waals surface area (Å²) in [6, 6.07) is 4.31. The molecule has 0 aliphatic rings. The summed E-state index contributed by atoms with van der Waals surface area (Å²) in [4.78, 5) is 11.6. The number of rotatable bonds is 3. The van der Waals surface area contributed by atoms with Crippen molar-refractivity contribution in [3.8, 4) is 0 Å². The maximum absolute atomic E-state index is 11.6. The first kappa shape index (κ1) is 14.1. The highest BCUT2D eigenvalue weighted by Gasteiger charge is 2.18. The Morgan fingerprint density at radius 1 is 1.29 bits per heavy atom. The molecule has 0 aromatic heterocycles. The molecule has 1 aromatic rings. The van der Waals surface area contributed by atoms with Gasteiger partial charge >= 0.3 is 6.03 Å². The number of benzene rings is 1. The van der Waals surface area contributed by atoms with Gasteiger partial charge in [0.1, 0.15) is 0 Å². The minimum Gasteiger partial charge on any atom is -0.394 e. The second-order valence-corrected chi connectivity index (χ2v) is 5.15. The number of anilines is 1. The number of aliphatic hydroxyl groups excluding tert-OH is 1. The van der Waals surface area contributed by atoms with Gasteiger partial charge in [0.15, 0.2) is 0 Å². The molecule has 0 radical (unpaired) electrons. The van der Waals surface area contributed by atoms with Crippen LogP contribution >= 0.6 is 23.2 Å². The molecule has 0 heterocycles. The molecule has 94 valence electrons. The number of hydrogen-bond donors (Lipinski definition) is 3. The number of amides is 2. The first-order valence-electron chi connectivity index (χ1n) is 4.98. The van der Waals surface area contributed by atoms with Crippen LogP contribution in [0.1, 0.15) is 13.8 Å². The van der Waals surface area contributed by atoms with Gasteiger partial charge in [0.05, 0.1) is 12.1 Å². The van der Waals surface area contributed by atoms with Gasteiger partial charge in [0, 0.05) is 15.7 Å². The van der Waals surface area contributed by atoms with Crippen molar-refractivity contribution >= 4 is 34.9 Å². The van der Waals surface area contributed by atoms with E-state index in [-0.39, 0.29) is 6.61 Å². The number of nitrogens with one attached hydrogen (secondary N) is 2. The van der Waals surface area contributed by atoms with Crippen molar-refractivity contribution in [3.05, 3.63) is 28.2 Å². The van der Waals surface area contributed by atoms with E-state index in [4.69, 9.17) is 28.3 Å². The number of halogens is 2. The summed E-state index contributed by atoms with van der Waals surface area (Å²) in [6.45, 7) is 3.26. The second kappa shape index (κ2) is 5.58. The lowest BCUT2D eigenvalue weighted by Crippen LogP contribution is -2.48. The summed E-state index contributed by atoms with van der Waals surface area (Å²) in [5, 5.41) is 15.1. The Hall–Kier alpha value is -0.970. The number of aliphatic hydroxyl groups is 1. The molecule has 0 atom stereocenters. The SMILES string of the molecule is CC(C)(CO)NC(=O)Nc1cc(Cl)cc(Cl)c1. The zero-order chi connectivity index (χ0) is 13.1. The largest absolute Gasteiger partial charge is 0.394 e. The first-order chi connectivity index (χ1) is 7.82. The maximum atomic E-state index is 11.6. The minimum absolute atomic E-state index is 0.156. The maximum Gasteiger partial charge on any atom is 0.319 e. The smallest absolute Gasteiger partial charge is 0.319 e. The molecule has 0 aliphatic carbocycles. The van der Waals surface area contributed by atoms with Crippen molar-refractivity contribution in [1.82, 2.24) is 5.32 Å². The van der Waals surface area contributed by atoms with Crippen LogP contribution in [0, 0.1) is 0 Å². The molecule has 2 amide bonds. The molecule has 0 bridgehead atoms. The van der Waals surface area contributed by atoms with Crippen molar-refractivity contribution in [2.45, 2.75) is 19.4 Å². The Balaban J connectivity index is 2.68. The Morgan fingerprint density at radius 3 is 2.29 bits per heavy atom. The van der Waals surface area contributed by atoms with Crippen LogP contribution in [0.15, 0.2) is 18.2 Å². The van der Waals surface area contributed by atoms with Crippen LogP contribution in [-0.2, 0) is 0 Å². The first-order valence-corrected chi connectivity index (χ1v) is 5.74. The number of hydrogen-bond acceptors (Lipinski definition) is 2. The lowest BCUT2D eigenvalue weighted by atomic mass is 10.1. The average molecular weight is 277 g/mol. The van der Waals surface area contributed by atoms with Crippen LogP contribution in [0.25, 0.3) is 0 Å². The van der Waals surface area contributed by atoms with Crippen LogP contribution in [0.4, 0.5) is 10.5 Å². The van der Waals surface area contributed by atoms with E-state index in [1.54, 1.807) is 32.0 Å². The predicted molar refractivity (Wildman–Crippen MR) is 69.8 cm³/mol. The topological polar surface area (TPSA) is 61.4 Å². The molecular weight excluding hydrogens is 263 g/mol. The summed E-state index contributed by atoms with van der Waals surface area (Å²) >= 11 is 11.6. The van der Waals surface area contributed by atoms with Crippen molar-refractivity contribution < 1.29 is 9.90 Å². The summed E-state index contributed by atoms with van der Waals surface area (Å²) in [6.07, 6.45) is 0. The van der Waals surface area contributed by atoms with E-state index in [0.717, 1.165) is 0 Å². The van der Waals surface area contributed by atoms with E-state index in [1.807, 2.05) is 0 Å². The van der Waals surface area contributed by atoms with Crippen molar-refractivity contribution in [2.75, 3.05) is 11.9 Å².